The highest BCUT2D eigenvalue weighted by Gasteiger charge is 2.16. The van der Waals surface area contributed by atoms with Gasteiger partial charge in [-0.3, -0.25) is 9.36 Å². The first-order chi connectivity index (χ1) is 9.65. The van der Waals surface area contributed by atoms with Crippen LogP contribution in [0.2, 0.25) is 10.0 Å². The zero-order chi connectivity index (χ0) is 14.1. The summed E-state index contributed by atoms with van der Waals surface area (Å²) < 4.78 is 6.89. The monoisotopic (exact) mass is 310 g/mol. The molecule has 1 aliphatic heterocycles. The maximum absolute atomic E-state index is 12.4. The normalized spacial score (nSPS) is 14.1. The summed E-state index contributed by atoms with van der Waals surface area (Å²) in [5.41, 5.74) is 2.34. The van der Waals surface area contributed by atoms with E-state index in [1.807, 2.05) is 6.07 Å². The van der Waals surface area contributed by atoms with Crippen LogP contribution in [0.4, 0.5) is 0 Å². The molecule has 20 heavy (non-hydrogen) atoms. The number of fused-ring (bicyclic) bond motifs is 1. The Labute approximate surface area is 125 Å². The highest BCUT2D eigenvalue weighted by Crippen LogP contribution is 2.22. The lowest BCUT2D eigenvalue weighted by Crippen LogP contribution is -2.29. The summed E-state index contributed by atoms with van der Waals surface area (Å²) in [7, 11) is 0. The van der Waals surface area contributed by atoms with Crippen molar-refractivity contribution < 1.29 is 4.74 Å². The van der Waals surface area contributed by atoms with Crippen molar-refractivity contribution >= 4 is 23.2 Å². The minimum Gasteiger partial charge on any atom is -0.376 e. The van der Waals surface area contributed by atoms with Crippen molar-refractivity contribution in [3.8, 4) is 0 Å². The molecule has 104 valence electrons. The molecule has 1 aromatic heterocycles. The quantitative estimate of drug-likeness (QED) is 0.856. The summed E-state index contributed by atoms with van der Waals surface area (Å²) in [6.45, 7) is 1.37. The third kappa shape index (κ3) is 2.59. The molecule has 0 fully saturated rings. The van der Waals surface area contributed by atoms with Crippen LogP contribution < -0.4 is 5.56 Å². The zero-order valence-corrected chi connectivity index (χ0v) is 12.1. The Kier molecular flexibility index (Phi) is 3.78. The first-order valence-corrected chi connectivity index (χ1v) is 6.99. The molecule has 0 saturated heterocycles. The predicted octanol–water partition coefficient (Wildman–Crippen LogP) is 2.67. The smallest absolute Gasteiger partial charge is 0.259 e. The second-order valence-corrected chi connectivity index (χ2v) is 5.47. The van der Waals surface area contributed by atoms with E-state index in [0.29, 0.717) is 41.8 Å². The van der Waals surface area contributed by atoms with Crippen molar-refractivity contribution in [1.29, 1.82) is 0 Å². The fourth-order valence-electron chi connectivity index (χ4n) is 2.22. The molecule has 0 radical (unpaired) electrons. The molecule has 2 heterocycles. The van der Waals surface area contributed by atoms with Gasteiger partial charge >= 0.3 is 0 Å². The van der Waals surface area contributed by atoms with E-state index >= 15 is 0 Å². The number of hydrogen-bond donors (Lipinski definition) is 0. The van der Waals surface area contributed by atoms with Crippen LogP contribution in [-0.2, 0) is 24.3 Å². The number of benzene rings is 1. The van der Waals surface area contributed by atoms with Crippen LogP contribution in [0.5, 0.6) is 0 Å². The molecular formula is C14H12Cl2N2O2. The van der Waals surface area contributed by atoms with E-state index in [1.165, 1.54) is 0 Å². The Hall–Kier alpha value is -1.36. The molecular weight excluding hydrogens is 299 g/mol. The van der Waals surface area contributed by atoms with E-state index in [0.717, 1.165) is 11.3 Å². The molecule has 0 saturated carbocycles. The first-order valence-electron chi connectivity index (χ1n) is 6.24. The third-order valence-corrected chi connectivity index (χ3v) is 4.03. The second-order valence-electron chi connectivity index (χ2n) is 4.65. The number of hydrogen-bond acceptors (Lipinski definition) is 3. The maximum Gasteiger partial charge on any atom is 0.259 e. The van der Waals surface area contributed by atoms with Crippen LogP contribution >= 0.6 is 23.2 Å². The standard InChI is InChI=1S/C14H12Cl2N2O2/c15-11-2-1-9(5-12(11)16)6-18-8-17-13-3-4-20-7-10(13)14(18)19/h1-2,5,8H,3-4,6-7H2. The lowest BCUT2D eigenvalue weighted by atomic mass is 10.1. The number of nitrogens with zero attached hydrogens (tertiary/aromatic N) is 2. The molecule has 0 spiro atoms. The summed E-state index contributed by atoms with van der Waals surface area (Å²) in [6.07, 6.45) is 2.27. The van der Waals surface area contributed by atoms with Gasteiger partial charge < -0.3 is 4.74 Å². The highest BCUT2D eigenvalue weighted by molar-refractivity contribution is 6.42. The van der Waals surface area contributed by atoms with Gasteiger partial charge in [-0.2, -0.15) is 0 Å². The van der Waals surface area contributed by atoms with E-state index in [2.05, 4.69) is 4.98 Å². The lowest BCUT2D eigenvalue weighted by molar-refractivity contribution is 0.107. The molecule has 0 aliphatic carbocycles. The Bertz CT molecular complexity index is 713. The number of rotatable bonds is 2. The van der Waals surface area contributed by atoms with Crippen LogP contribution in [0.15, 0.2) is 29.3 Å². The summed E-state index contributed by atoms with van der Waals surface area (Å²) >= 11 is 11.9. The van der Waals surface area contributed by atoms with Gasteiger partial charge in [0, 0.05) is 6.42 Å². The van der Waals surface area contributed by atoms with E-state index in [9.17, 15) is 4.79 Å². The summed E-state index contributed by atoms with van der Waals surface area (Å²) in [6, 6.07) is 5.32. The Morgan fingerprint density at radius 2 is 2.15 bits per heavy atom. The van der Waals surface area contributed by atoms with Crippen molar-refractivity contribution in [1.82, 2.24) is 9.55 Å². The molecule has 1 aromatic carbocycles. The van der Waals surface area contributed by atoms with Crippen LogP contribution in [0.1, 0.15) is 16.8 Å². The van der Waals surface area contributed by atoms with Crippen molar-refractivity contribution in [2.75, 3.05) is 6.61 Å². The fraction of sp³-hybridized carbons (Fsp3) is 0.286. The molecule has 4 nitrogen and oxygen atoms in total. The van der Waals surface area contributed by atoms with Crippen molar-refractivity contribution in [2.45, 2.75) is 19.6 Å². The molecule has 0 N–H and O–H groups in total. The van der Waals surface area contributed by atoms with Crippen LogP contribution in [0, 0.1) is 0 Å². The predicted molar refractivity (Wildman–Crippen MR) is 77.4 cm³/mol. The molecule has 2 aromatic rings. The molecule has 6 heteroatoms. The third-order valence-electron chi connectivity index (χ3n) is 3.29. The molecule has 0 bridgehead atoms. The van der Waals surface area contributed by atoms with E-state index in [-0.39, 0.29) is 5.56 Å². The highest BCUT2D eigenvalue weighted by atomic mass is 35.5. The van der Waals surface area contributed by atoms with Crippen molar-refractivity contribution in [3.63, 3.8) is 0 Å². The van der Waals surface area contributed by atoms with Gasteiger partial charge in [0.25, 0.3) is 5.56 Å². The van der Waals surface area contributed by atoms with E-state index in [1.54, 1.807) is 23.0 Å². The van der Waals surface area contributed by atoms with Crippen LogP contribution in [-0.4, -0.2) is 16.2 Å². The van der Waals surface area contributed by atoms with Gasteiger partial charge in [-0.25, -0.2) is 4.98 Å². The molecule has 3 rings (SSSR count). The van der Waals surface area contributed by atoms with Gasteiger partial charge in [0.15, 0.2) is 0 Å². The lowest BCUT2D eigenvalue weighted by Gasteiger charge is -2.16. The largest absolute Gasteiger partial charge is 0.376 e. The average Bonchev–Trinajstić information content (AvgIpc) is 2.46. The SMILES string of the molecule is O=c1c2c(ncn1Cc1ccc(Cl)c(Cl)c1)CCOC2. The Morgan fingerprint density at radius 3 is 2.95 bits per heavy atom. The number of halogens is 2. The number of aromatic nitrogens is 2. The topological polar surface area (TPSA) is 44.1 Å². The van der Waals surface area contributed by atoms with E-state index in [4.69, 9.17) is 27.9 Å². The molecule has 0 unspecified atom stereocenters. The summed E-state index contributed by atoms with van der Waals surface area (Å²) in [5, 5.41) is 0.978. The first kappa shape index (κ1) is 13.6. The Morgan fingerprint density at radius 1 is 1.30 bits per heavy atom. The molecule has 0 atom stereocenters. The zero-order valence-electron chi connectivity index (χ0n) is 10.6. The fourth-order valence-corrected chi connectivity index (χ4v) is 2.54. The van der Waals surface area contributed by atoms with Gasteiger partial charge in [0.2, 0.25) is 0 Å². The van der Waals surface area contributed by atoms with Gasteiger partial charge in [-0.15, -0.1) is 0 Å². The minimum absolute atomic E-state index is 0.0548. The summed E-state index contributed by atoms with van der Waals surface area (Å²) in [5.74, 6) is 0. The molecule has 0 amide bonds. The Balaban J connectivity index is 1.95. The second kappa shape index (κ2) is 5.56. The molecule has 1 aliphatic rings. The van der Waals surface area contributed by atoms with Crippen molar-refractivity contribution in [2.24, 2.45) is 0 Å². The van der Waals surface area contributed by atoms with Crippen LogP contribution in [0.25, 0.3) is 0 Å². The van der Waals surface area contributed by atoms with Gasteiger partial charge in [0.05, 0.1) is 47.4 Å². The van der Waals surface area contributed by atoms with Gasteiger partial charge in [0.1, 0.15) is 0 Å². The average molecular weight is 311 g/mol. The minimum atomic E-state index is -0.0548. The number of ether oxygens (including phenoxy) is 1. The summed E-state index contributed by atoms with van der Waals surface area (Å²) in [4.78, 5) is 16.7. The van der Waals surface area contributed by atoms with Gasteiger partial charge in [-0.05, 0) is 17.7 Å². The van der Waals surface area contributed by atoms with Crippen LogP contribution in [0.3, 0.4) is 0 Å². The van der Waals surface area contributed by atoms with E-state index < -0.39 is 0 Å². The van der Waals surface area contributed by atoms with Crippen molar-refractivity contribution in [3.05, 3.63) is 61.7 Å². The maximum atomic E-state index is 12.4. The van der Waals surface area contributed by atoms with Gasteiger partial charge in [-0.1, -0.05) is 29.3 Å².